The van der Waals surface area contributed by atoms with E-state index >= 15 is 0 Å². The summed E-state index contributed by atoms with van der Waals surface area (Å²) in [5.41, 5.74) is 0. The fourth-order valence-corrected chi connectivity index (χ4v) is 0.814. The van der Waals surface area contributed by atoms with E-state index in [0.29, 0.717) is 5.96 Å². The van der Waals surface area contributed by atoms with Crippen molar-refractivity contribution >= 4 is 18.4 Å². The number of hydrogen-bond donors (Lipinski definition) is 0. The largest absolute Gasteiger partial charge is 0.246 e. The molecular weight excluding hydrogens is 128 g/mol. The molecular formula is C6H6N4. The molecule has 50 valence electrons. The lowest BCUT2D eigenvalue weighted by atomic mass is 10.7. The molecule has 0 aromatic rings. The number of allylic oxidation sites excluding steroid dienone is 1. The van der Waals surface area contributed by atoms with E-state index < -0.39 is 0 Å². The molecule has 0 bridgehead atoms. The first kappa shape index (κ1) is 5.34. The molecule has 0 atom stereocenters. The summed E-state index contributed by atoms with van der Waals surface area (Å²) in [5.74, 6) is 0.671. The normalized spacial score (nSPS) is 20.8. The Labute approximate surface area is 58.3 Å². The Morgan fingerprint density at radius 2 is 2.50 bits per heavy atom. The minimum atomic E-state index is 0.671. The second-order valence-corrected chi connectivity index (χ2v) is 1.93. The van der Waals surface area contributed by atoms with Crippen LogP contribution in [0, 0.1) is 0 Å². The van der Waals surface area contributed by atoms with Gasteiger partial charge in [-0.1, -0.05) is 0 Å². The van der Waals surface area contributed by atoms with Crippen LogP contribution in [0.5, 0.6) is 0 Å². The van der Waals surface area contributed by atoms with Gasteiger partial charge in [0.2, 0.25) is 5.96 Å². The summed E-state index contributed by atoms with van der Waals surface area (Å²) in [6.45, 7) is 0.733. The van der Waals surface area contributed by atoms with Crippen molar-refractivity contribution in [2.75, 3.05) is 6.54 Å². The van der Waals surface area contributed by atoms with E-state index in [1.54, 1.807) is 29.7 Å². The standard InChI is InChI=1S/C6H6N4/c1-2-7-6-8-4-5-10(6)9-3-1/h1-4H,5H2. The monoisotopic (exact) mass is 134 g/mol. The molecule has 2 aliphatic rings. The number of aliphatic imine (C=N–C) groups is 2. The van der Waals surface area contributed by atoms with Crippen LogP contribution in [0.4, 0.5) is 0 Å². The molecule has 0 radical (unpaired) electrons. The van der Waals surface area contributed by atoms with Gasteiger partial charge in [0.25, 0.3) is 0 Å². The van der Waals surface area contributed by atoms with Gasteiger partial charge in [-0.05, 0) is 6.08 Å². The molecule has 2 rings (SSSR count). The summed E-state index contributed by atoms with van der Waals surface area (Å²) in [6.07, 6.45) is 6.95. The third-order valence-electron chi connectivity index (χ3n) is 1.26. The van der Waals surface area contributed by atoms with Gasteiger partial charge in [0.15, 0.2) is 0 Å². The number of hydrogen-bond acceptors (Lipinski definition) is 4. The van der Waals surface area contributed by atoms with E-state index in [-0.39, 0.29) is 0 Å². The lowest BCUT2D eigenvalue weighted by Gasteiger charge is -2.06. The highest BCUT2D eigenvalue weighted by Crippen LogP contribution is 2.02. The molecule has 0 fully saturated rings. The van der Waals surface area contributed by atoms with Crippen LogP contribution >= 0.6 is 0 Å². The van der Waals surface area contributed by atoms with Gasteiger partial charge >= 0.3 is 0 Å². The summed E-state index contributed by atoms with van der Waals surface area (Å²) in [5, 5.41) is 5.79. The number of fused-ring (bicyclic) bond motifs is 1. The van der Waals surface area contributed by atoms with Crippen LogP contribution in [0.1, 0.15) is 0 Å². The van der Waals surface area contributed by atoms with Crippen LogP contribution < -0.4 is 0 Å². The average Bonchev–Trinajstić information content (AvgIpc) is 2.28. The zero-order chi connectivity index (χ0) is 6.81. The molecule has 0 aromatic heterocycles. The first-order chi connectivity index (χ1) is 4.97. The van der Waals surface area contributed by atoms with Gasteiger partial charge in [-0.2, -0.15) is 5.10 Å². The SMILES string of the molecule is C1=CN=C2N=CCN2N=C1. The molecule has 0 aromatic carbocycles. The van der Waals surface area contributed by atoms with E-state index in [2.05, 4.69) is 15.1 Å². The van der Waals surface area contributed by atoms with Gasteiger partial charge in [0.1, 0.15) is 0 Å². The Kier molecular flexibility index (Phi) is 1.10. The minimum absolute atomic E-state index is 0.671. The van der Waals surface area contributed by atoms with Gasteiger partial charge in [0.05, 0.1) is 6.54 Å². The lowest BCUT2D eigenvalue weighted by Crippen LogP contribution is -2.18. The van der Waals surface area contributed by atoms with Crippen molar-refractivity contribution < 1.29 is 0 Å². The first-order valence-corrected chi connectivity index (χ1v) is 3.04. The number of guanidine groups is 1. The van der Waals surface area contributed by atoms with Crippen molar-refractivity contribution in [3.8, 4) is 0 Å². The van der Waals surface area contributed by atoms with Crippen molar-refractivity contribution in [3.63, 3.8) is 0 Å². The lowest BCUT2D eigenvalue weighted by molar-refractivity contribution is 0.525. The van der Waals surface area contributed by atoms with E-state index in [1.165, 1.54) is 0 Å². The van der Waals surface area contributed by atoms with Crippen molar-refractivity contribution in [2.24, 2.45) is 15.1 Å². The molecule has 0 saturated carbocycles. The Bertz CT molecular complexity index is 248. The fourth-order valence-electron chi connectivity index (χ4n) is 0.814. The van der Waals surface area contributed by atoms with Crippen molar-refractivity contribution in [1.29, 1.82) is 0 Å². The molecule has 0 saturated heterocycles. The Hall–Kier alpha value is -1.45. The smallest absolute Gasteiger partial charge is 0.226 e. The molecule has 4 nitrogen and oxygen atoms in total. The maximum Gasteiger partial charge on any atom is 0.246 e. The molecule has 0 amide bonds. The van der Waals surface area contributed by atoms with E-state index in [1.807, 2.05) is 0 Å². The molecule has 10 heavy (non-hydrogen) atoms. The zero-order valence-corrected chi connectivity index (χ0v) is 5.31. The maximum atomic E-state index is 4.05. The van der Waals surface area contributed by atoms with Crippen LogP contribution in [0.3, 0.4) is 0 Å². The predicted octanol–water partition coefficient (Wildman–Crippen LogP) is 0.242. The van der Waals surface area contributed by atoms with E-state index in [9.17, 15) is 0 Å². The van der Waals surface area contributed by atoms with Crippen molar-refractivity contribution in [3.05, 3.63) is 12.3 Å². The number of nitrogens with zero attached hydrogens (tertiary/aromatic N) is 4. The second-order valence-electron chi connectivity index (χ2n) is 1.93. The minimum Gasteiger partial charge on any atom is -0.226 e. The topological polar surface area (TPSA) is 40.3 Å². The molecule has 0 N–H and O–H groups in total. The third kappa shape index (κ3) is 0.737. The van der Waals surface area contributed by atoms with Gasteiger partial charge < -0.3 is 0 Å². The maximum absolute atomic E-state index is 4.05. The predicted molar refractivity (Wildman–Crippen MR) is 40.3 cm³/mol. The van der Waals surface area contributed by atoms with Crippen LogP contribution in [0.15, 0.2) is 27.4 Å². The highest BCUT2D eigenvalue weighted by Gasteiger charge is 2.12. The second kappa shape index (κ2) is 2.06. The van der Waals surface area contributed by atoms with E-state index in [4.69, 9.17) is 0 Å². The van der Waals surface area contributed by atoms with Crippen LogP contribution in [-0.2, 0) is 0 Å². The summed E-state index contributed by atoms with van der Waals surface area (Å²) < 4.78 is 0. The summed E-state index contributed by atoms with van der Waals surface area (Å²) in [7, 11) is 0. The summed E-state index contributed by atoms with van der Waals surface area (Å²) in [4.78, 5) is 8.03. The Morgan fingerprint density at radius 1 is 1.50 bits per heavy atom. The quantitative estimate of drug-likeness (QED) is 0.468. The Morgan fingerprint density at radius 3 is 3.50 bits per heavy atom. The van der Waals surface area contributed by atoms with Gasteiger partial charge in [0, 0.05) is 18.6 Å². The highest BCUT2D eigenvalue weighted by molar-refractivity contribution is 5.95. The van der Waals surface area contributed by atoms with Crippen LogP contribution in [0.25, 0.3) is 0 Å². The highest BCUT2D eigenvalue weighted by atomic mass is 15.5. The third-order valence-corrected chi connectivity index (χ3v) is 1.26. The molecule has 0 unspecified atom stereocenters. The van der Waals surface area contributed by atoms with E-state index in [0.717, 1.165) is 6.54 Å². The van der Waals surface area contributed by atoms with Crippen molar-refractivity contribution in [2.45, 2.75) is 0 Å². The molecule has 0 aliphatic carbocycles. The number of rotatable bonds is 0. The molecule has 2 heterocycles. The fraction of sp³-hybridized carbons (Fsp3) is 0.167. The number of hydrazone groups is 1. The summed E-state index contributed by atoms with van der Waals surface area (Å²) >= 11 is 0. The average molecular weight is 134 g/mol. The van der Waals surface area contributed by atoms with Gasteiger partial charge in [-0.3, -0.25) is 0 Å². The van der Waals surface area contributed by atoms with Gasteiger partial charge in [-0.25, -0.2) is 15.0 Å². The molecule has 0 spiro atoms. The van der Waals surface area contributed by atoms with Crippen LogP contribution in [-0.4, -0.2) is 29.9 Å². The molecule has 4 heteroatoms. The zero-order valence-electron chi connectivity index (χ0n) is 5.31. The Balaban J connectivity index is 2.36. The molecule has 2 aliphatic heterocycles. The van der Waals surface area contributed by atoms with Crippen molar-refractivity contribution in [1.82, 2.24) is 5.01 Å². The van der Waals surface area contributed by atoms with Crippen LogP contribution in [0.2, 0.25) is 0 Å². The summed E-state index contributed by atoms with van der Waals surface area (Å²) in [6, 6.07) is 0. The van der Waals surface area contributed by atoms with Gasteiger partial charge in [-0.15, -0.1) is 0 Å². The first-order valence-electron chi connectivity index (χ1n) is 3.04.